The number of carbonyl (C=O) groups is 2. The Morgan fingerprint density at radius 2 is 1.89 bits per heavy atom. The Morgan fingerprint density at radius 1 is 1.11 bits per heavy atom. The normalized spacial score (nSPS) is 32.3. The van der Waals surface area contributed by atoms with Crippen molar-refractivity contribution in [1.29, 1.82) is 0 Å². The van der Waals surface area contributed by atoms with Crippen LogP contribution in [-0.4, -0.2) is 42.9 Å². The van der Waals surface area contributed by atoms with Crippen molar-refractivity contribution >= 4 is 29.9 Å². The van der Waals surface area contributed by atoms with Crippen molar-refractivity contribution in [3.05, 3.63) is 29.8 Å². The van der Waals surface area contributed by atoms with E-state index in [1.165, 1.54) is 19.3 Å². The van der Waals surface area contributed by atoms with Gasteiger partial charge in [-0.1, -0.05) is 31.0 Å². The van der Waals surface area contributed by atoms with Crippen molar-refractivity contribution in [2.24, 2.45) is 17.3 Å². The van der Waals surface area contributed by atoms with Crippen molar-refractivity contribution in [2.45, 2.75) is 44.4 Å². The minimum atomic E-state index is -0.150. The third kappa shape index (κ3) is 3.03. The Morgan fingerprint density at radius 3 is 2.71 bits per heavy atom. The molecule has 0 spiro atoms. The van der Waals surface area contributed by atoms with Gasteiger partial charge < -0.3 is 15.5 Å². The molecule has 6 heteroatoms. The van der Waals surface area contributed by atoms with Gasteiger partial charge in [0.15, 0.2) is 0 Å². The molecular weight excluding hydrogens is 374 g/mol. The minimum absolute atomic E-state index is 0. The summed E-state index contributed by atoms with van der Waals surface area (Å²) in [6.45, 7) is 3.45. The average Bonchev–Trinajstić information content (AvgIpc) is 3.28. The number of nitrogens with one attached hydrogen (secondary N) is 2. The predicted molar refractivity (Wildman–Crippen MR) is 112 cm³/mol. The molecule has 3 atom stereocenters. The lowest BCUT2D eigenvalue weighted by molar-refractivity contribution is -0.147. The number of nitrogens with zero attached hydrogens (tertiary/aromatic N) is 1. The maximum Gasteiger partial charge on any atom is 0.232 e. The first-order valence-electron chi connectivity index (χ1n) is 10.6. The Balaban J connectivity index is 0.00000192. The minimum Gasteiger partial charge on any atom is -0.342 e. The molecule has 4 aliphatic rings. The van der Waals surface area contributed by atoms with E-state index in [2.05, 4.69) is 21.6 Å². The van der Waals surface area contributed by atoms with Crippen LogP contribution in [0.3, 0.4) is 0 Å². The molecule has 1 aromatic carbocycles. The lowest BCUT2D eigenvalue weighted by Crippen LogP contribution is -2.52. The predicted octanol–water partition coefficient (Wildman–Crippen LogP) is 3.16. The summed E-state index contributed by atoms with van der Waals surface area (Å²) in [7, 11) is 0. The molecule has 0 aromatic heterocycles. The highest BCUT2D eigenvalue weighted by molar-refractivity contribution is 6.03. The van der Waals surface area contributed by atoms with E-state index >= 15 is 0 Å². The van der Waals surface area contributed by atoms with Gasteiger partial charge in [-0.2, -0.15) is 0 Å². The second-order valence-electron chi connectivity index (χ2n) is 8.91. The molecule has 1 aromatic rings. The zero-order valence-corrected chi connectivity index (χ0v) is 17.1. The van der Waals surface area contributed by atoms with Crippen molar-refractivity contribution in [1.82, 2.24) is 10.2 Å². The molecule has 0 radical (unpaired) electrons. The van der Waals surface area contributed by atoms with Crippen LogP contribution < -0.4 is 10.6 Å². The first kappa shape index (κ1) is 19.7. The summed E-state index contributed by atoms with van der Waals surface area (Å²) in [4.78, 5) is 28.1. The van der Waals surface area contributed by atoms with Gasteiger partial charge in [0.1, 0.15) is 0 Å². The lowest BCUT2D eigenvalue weighted by Gasteiger charge is -2.43. The van der Waals surface area contributed by atoms with E-state index in [1.807, 2.05) is 18.2 Å². The van der Waals surface area contributed by atoms with Crippen LogP contribution in [0.2, 0.25) is 0 Å². The second-order valence-corrected chi connectivity index (χ2v) is 8.91. The highest BCUT2D eigenvalue weighted by Crippen LogP contribution is 2.46. The van der Waals surface area contributed by atoms with Crippen LogP contribution in [0, 0.1) is 17.3 Å². The van der Waals surface area contributed by atoms with Crippen LogP contribution in [-0.2, 0) is 9.59 Å². The molecule has 2 N–H and O–H groups in total. The average molecular weight is 404 g/mol. The molecule has 3 fully saturated rings. The third-order valence-electron chi connectivity index (χ3n) is 7.60. The maximum absolute atomic E-state index is 13.5. The van der Waals surface area contributed by atoms with Crippen LogP contribution in [0.4, 0.5) is 5.69 Å². The molecule has 1 aliphatic carbocycles. The van der Waals surface area contributed by atoms with Crippen molar-refractivity contribution in [3.63, 3.8) is 0 Å². The fraction of sp³-hybridized carbons (Fsp3) is 0.636. The van der Waals surface area contributed by atoms with Gasteiger partial charge in [-0.25, -0.2) is 0 Å². The number of para-hydroxylation sites is 1. The van der Waals surface area contributed by atoms with Crippen LogP contribution in [0.25, 0.3) is 0 Å². The van der Waals surface area contributed by atoms with Gasteiger partial charge in [-0.15, -0.1) is 12.4 Å². The monoisotopic (exact) mass is 403 g/mol. The summed E-state index contributed by atoms with van der Waals surface area (Å²) in [5.74, 6) is 1.31. The molecule has 1 unspecified atom stereocenters. The number of hydrogen-bond donors (Lipinski definition) is 2. The van der Waals surface area contributed by atoms with Crippen LogP contribution in [0.1, 0.15) is 50.0 Å². The van der Waals surface area contributed by atoms with Crippen molar-refractivity contribution in [3.8, 4) is 0 Å². The molecule has 152 valence electrons. The van der Waals surface area contributed by atoms with E-state index in [1.54, 1.807) is 0 Å². The maximum atomic E-state index is 13.5. The molecule has 0 bridgehead atoms. The Kier molecular flexibility index (Phi) is 5.41. The quantitative estimate of drug-likeness (QED) is 0.797. The van der Waals surface area contributed by atoms with Gasteiger partial charge in [-0.05, 0) is 55.7 Å². The number of amides is 2. The number of halogens is 1. The van der Waals surface area contributed by atoms with E-state index in [0.29, 0.717) is 17.7 Å². The van der Waals surface area contributed by atoms with E-state index in [9.17, 15) is 9.59 Å². The summed E-state index contributed by atoms with van der Waals surface area (Å²) < 4.78 is 0. The van der Waals surface area contributed by atoms with E-state index in [4.69, 9.17) is 0 Å². The summed E-state index contributed by atoms with van der Waals surface area (Å²) in [5, 5.41) is 6.53. The number of fused-ring (bicyclic) bond motifs is 2. The number of rotatable bonds is 2. The largest absolute Gasteiger partial charge is 0.342 e. The van der Waals surface area contributed by atoms with Gasteiger partial charge in [0.25, 0.3) is 0 Å². The first-order valence-corrected chi connectivity index (χ1v) is 10.6. The second kappa shape index (κ2) is 7.68. The van der Waals surface area contributed by atoms with Crippen LogP contribution >= 0.6 is 12.4 Å². The number of carbonyl (C=O) groups excluding carboxylic acids is 2. The fourth-order valence-electron chi connectivity index (χ4n) is 6.12. The molecule has 2 saturated heterocycles. The molecule has 3 aliphatic heterocycles. The molecule has 3 heterocycles. The Hall–Kier alpha value is -1.59. The molecule has 28 heavy (non-hydrogen) atoms. The highest BCUT2D eigenvalue weighted by atomic mass is 35.5. The van der Waals surface area contributed by atoms with Gasteiger partial charge in [0.05, 0.1) is 11.3 Å². The van der Waals surface area contributed by atoms with Gasteiger partial charge >= 0.3 is 0 Å². The van der Waals surface area contributed by atoms with E-state index < -0.39 is 0 Å². The number of anilines is 1. The van der Waals surface area contributed by atoms with Crippen molar-refractivity contribution in [2.75, 3.05) is 31.5 Å². The summed E-state index contributed by atoms with van der Waals surface area (Å²) in [6, 6.07) is 8.05. The Bertz CT molecular complexity index is 762. The zero-order valence-electron chi connectivity index (χ0n) is 16.3. The van der Waals surface area contributed by atoms with Gasteiger partial charge in [-0.3, -0.25) is 9.59 Å². The highest BCUT2D eigenvalue weighted by Gasteiger charge is 2.52. The number of hydrogen-bond acceptors (Lipinski definition) is 3. The lowest BCUT2D eigenvalue weighted by atomic mass is 9.67. The first-order chi connectivity index (χ1) is 13.2. The SMILES string of the molecule is Cl.O=C1Nc2ccccc2C1C1CCN(C(=O)[C@@]23CCCC[C@H]2CNC3)CC1. The third-order valence-corrected chi connectivity index (χ3v) is 7.60. The molecular formula is C22H30ClN3O2. The summed E-state index contributed by atoms with van der Waals surface area (Å²) in [5.41, 5.74) is 1.95. The fourth-order valence-corrected chi connectivity index (χ4v) is 6.12. The number of benzene rings is 1. The molecule has 5 rings (SSSR count). The topological polar surface area (TPSA) is 61.4 Å². The van der Waals surface area contributed by atoms with Gasteiger partial charge in [0.2, 0.25) is 11.8 Å². The Labute approximate surface area is 173 Å². The smallest absolute Gasteiger partial charge is 0.232 e. The van der Waals surface area contributed by atoms with Crippen LogP contribution in [0.5, 0.6) is 0 Å². The van der Waals surface area contributed by atoms with E-state index in [-0.39, 0.29) is 29.6 Å². The number of piperidine rings is 1. The summed E-state index contributed by atoms with van der Waals surface area (Å²) >= 11 is 0. The molecule has 5 nitrogen and oxygen atoms in total. The summed E-state index contributed by atoms with van der Waals surface area (Å²) in [6.07, 6.45) is 6.52. The standard InChI is InChI=1S/C22H29N3O2.ClH/c26-20-19(17-6-1-2-7-18(17)24-20)15-8-11-25(12-9-15)21(27)22-10-4-3-5-16(22)13-23-14-22;/h1-2,6-7,15-16,19,23H,3-5,8-14H2,(H,24,26);1H/t16-,19?,22+;/m0./s1. The van der Waals surface area contributed by atoms with Gasteiger partial charge in [0, 0.05) is 25.3 Å². The van der Waals surface area contributed by atoms with Crippen molar-refractivity contribution < 1.29 is 9.59 Å². The van der Waals surface area contributed by atoms with Crippen LogP contribution in [0.15, 0.2) is 24.3 Å². The molecule has 1 saturated carbocycles. The molecule has 2 amide bonds. The zero-order chi connectivity index (χ0) is 18.4. The van der Waals surface area contributed by atoms with E-state index in [0.717, 1.165) is 56.7 Å². The number of likely N-dealkylation sites (tertiary alicyclic amines) is 1.